The molecular weight excluding hydrogens is 697 g/mol. The average molecular weight is 737 g/mol. The number of carbonyl (C=O) groups is 1. The number of likely N-dealkylation sites (N-methyl/N-ethyl adjacent to an activating group) is 1. The minimum absolute atomic E-state index is 0.0362. The first-order chi connectivity index (χ1) is 25.9. The molecule has 0 radical (unpaired) electrons. The number of hydrogen-bond acceptors (Lipinski definition) is 10. The van der Waals surface area contributed by atoms with Crippen molar-refractivity contribution in [1.82, 2.24) is 34.7 Å². The van der Waals surface area contributed by atoms with E-state index < -0.39 is 28.9 Å². The molecule has 2 N–H and O–H groups in total. The van der Waals surface area contributed by atoms with Crippen LogP contribution in [0.1, 0.15) is 50.3 Å². The van der Waals surface area contributed by atoms with Crippen molar-refractivity contribution in [2.75, 3.05) is 32.1 Å². The van der Waals surface area contributed by atoms with Gasteiger partial charge in [-0.15, -0.1) is 6.42 Å². The Morgan fingerprint density at radius 2 is 2.02 bits per heavy atom. The summed E-state index contributed by atoms with van der Waals surface area (Å²) < 4.78 is 53.1. The van der Waals surface area contributed by atoms with Crippen molar-refractivity contribution in [3.8, 4) is 35.4 Å². The lowest BCUT2D eigenvalue weighted by Gasteiger charge is -2.38. The number of anilines is 1. The van der Waals surface area contributed by atoms with E-state index in [1.54, 1.807) is 24.2 Å². The van der Waals surface area contributed by atoms with Crippen LogP contribution in [0, 0.1) is 24.0 Å². The van der Waals surface area contributed by atoms with Crippen molar-refractivity contribution in [2.45, 2.75) is 62.8 Å². The third-order valence-electron chi connectivity index (χ3n) is 10.8. The lowest BCUT2D eigenvalue weighted by molar-refractivity contribution is -0.129. The van der Waals surface area contributed by atoms with Crippen molar-refractivity contribution in [3.05, 3.63) is 84.6 Å². The fourth-order valence-electron chi connectivity index (χ4n) is 7.82. The second kappa shape index (κ2) is 14.5. The van der Waals surface area contributed by atoms with Gasteiger partial charge in [0, 0.05) is 56.4 Å². The Balaban J connectivity index is 1.31. The van der Waals surface area contributed by atoms with Crippen LogP contribution in [-0.4, -0.2) is 89.7 Å². The number of nitrogens with one attached hydrogen (secondary N) is 1. The van der Waals surface area contributed by atoms with Crippen molar-refractivity contribution in [1.29, 1.82) is 0 Å². The Morgan fingerprint density at radius 1 is 1.22 bits per heavy atom. The molecule has 1 amide bonds. The number of alkyl halides is 1. The van der Waals surface area contributed by atoms with E-state index >= 15 is 4.39 Å². The summed E-state index contributed by atoms with van der Waals surface area (Å²) in [7, 11) is 1.73. The van der Waals surface area contributed by atoms with Gasteiger partial charge in [-0.05, 0) is 55.5 Å². The van der Waals surface area contributed by atoms with Crippen LogP contribution in [0.3, 0.4) is 0 Å². The molecule has 54 heavy (non-hydrogen) atoms. The van der Waals surface area contributed by atoms with Crippen LogP contribution in [0.25, 0.3) is 32.9 Å². The van der Waals surface area contributed by atoms with Crippen LogP contribution in [-0.2, 0) is 11.3 Å². The van der Waals surface area contributed by atoms with E-state index in [0.29, 0.717) is 17.6 Å². The number of ether oxygens (including phenoxy) is 1. The number of aromatic hydroxyl groups is 1. The van der Waals surface area contributed by atoms with Gasteiger partial charge in [0.2, 0.25) is 5.91 Å². The average Bonchev–Trinajstić information content (AvgIpc) is 3.76. The maximum absolute atomic E-state index is 17.0. The molecule has 1 aliphatic carbocycles. The van der Waals surface area contributed by atoms with Crippen LogP contribution in [0.2, 0.25) is 0 Å². The molecule has 7 rings (SSSR count). The molecule has 1 saturated heterocycles. The van der Waals surface area contributed by atoms with E-state index in [9.17, 15) is 18.7 Å². The number of phenols is 1. The Kier molecular flexibility index (Phi) is 9.85. The number of carbonyl (C=O) groups excluding carboxylic acids is 1. The van der Waals surface area contributed by atoms with Crippen LogP contribution >= 0.6 is 0 Å². The minimum Gasteiger partial charge on any atom is -0.508 e. The van der Waals surface area contributed by atoms with Crippen molar-refractivity contribution < 1.29 is 27.8 Å². The standard InChI is InChI=1S/C40H39F3N8O3/c1-5-28-31(42)10-9-24-15-27(52)16-29(33(24)28)35-34(43)36-30(18-45-35)37(46-21-40(12-7-8-13-40)50(4)32(53)6-2)49-38(48-36)54-22-39(3)17-25(41)19-51(39)20-26-11-14-44-23-47-26/h1,6,9-11,14-16,18,23,25,52H,2,7-8,12-13,17,19-22H2,3-4H3,(H,46,48,49)/t25-,39+/m1/s1. The van der Waals surface area contributed by atoms with Gasteiger partial charge in [-0.25, -0.2) is 23.1 Å². The minimum atomic E-state index is -1.12. The predicted molar refractivity (Wildman–Crippen MR) is 198 cm³/mol. The number of fused-ring (bicyclic) bond motifs is 2. The number of rotatable bonds is 11. The van der Waals surface area contributed by atoms with Crippen molar-refractivity contribution in [3.63, 3.8) is 0 Å². The highest BCUT2D eigenvalue weighted by Gasteiger charge is 2.44. The van der Waals surface area contributed by atoms with E-state index in [0.717, 1.165) is 25.7 Å². The highest BCUT2D eigenvalue weighted by molar-refractivity contribution is 6.03. The molecule has 4 heterocycles. The fraction of sp³-hybridized carbons (Fsp3) is 0.350. The Hall–Kier alpha value is -5.81. The van der Waals surface area contributed by atoms with E-state index in [1.165, 1.54) is 42.9 Å². The lowest BCUT2D eigenvalue weighted by atomic mass is 9.95. The maximum atomic E-state index is 17.0. The molecule has 2 aliphatic rings. The first-order valence-electron chi connectivity index (χ1n) is 17.6. The Morgan fingerprint density at radius 3 is 2.74 bits per heavy atom. The van der Waals surface area contributed by atoms with Gasteiger partial charge < -0.3 is 20.1 Å². The molecule has 2 aromatic carbocycles. The second-order valence-corrected chi connectivity index (χ2v) is 14.3. The number of hydrogen-bond donors (Lipinski definition) is 2. The predicted octanol–water partition coefficient (Wildman–Crippen LogP) is 6.35. The van der Waals surface area contributed by atoms with Crippen LogP contribution in [0.15, 0.2) is 61.7 Å². The molecule has 0 bridgehead atoms. The van der Waals surface area contributed by atoms with Gasteiger partial charge in [-0.1, -0.05) is 31.4 Å². The summed E-state index contributed by atoms with van der Waals surface area (Å²) in [6, 6.07) is 6.88. The summed E-state index contributed by atoms with van der Waals surface area (Å²) in [5.74, 6) is 0.539. The zero-order valence-corrected chi connectivity index (χ0v) is 30.0. The number of phenolic OH excluding ortho intramolecular Hbond substituents is 1. The maximum Gasteiger partial charge on any atom is 0.319 e. The van der Waals surface area contributed by atoms with Crippen molar-refractivity contribution >= 4 is 33.4 Å². The summed E-state index contributed by atoms with van der Waals surface area (Å²) in [6.45, 7) is 6.28. The number of nitrogens with zero attached hydrogens (tertiary/aromatic N) is 7. The highest BCUT2D eigenvalue weighted by atomic mass is 19.1. The molecule has 2 fully saturated rings. The zero-order valence-electron chi connectivity index (χ0n) is 30.0. The Labute approximate surface area is 310 Å². The molecule has 14 heteroatoms. The molecule has 3 aromatic heterocycles. The number of halogens is 3. The number of amides is 1. The number of benzene rings is 2. The summed E-state index contributed by atoms with van der Waals surface area (Å²) in [5, 5.41) is 14.7. The molecular formula is C40H39F3N8O3. The molecule has 1 saturated carbocycles. The summed E-state index contributed by atoms with van der Waals surface area (Å²) in [5.41, 5.74) is -1.10. The Bertz CT molecular complexity index is 2300. The SMILES string of the molecule is C#Cc1c(F)ccc2cc(O)cc(-c3ncc4c(NCC5(N(C)C(=O)C=C)CCCC5)nc(OC[C@]5(C)C[C@@H](F)CN5Cc5ccncn5)nc4c3F)c12. The normalized spacial score (nSPS) is 19.5. The molecule has 1 aliphatic heterocycles. The lowest BCUT2D eigenvalue weighted by Crippen LogP contribution is -2.51. The largest absolute Gasteiger partial charge is 0.508 e. The first kappa shape index (κ1) is 36.5. The van der Waals surface area contributed by atoms with Gasteiger partial charge in [-0.3, -0.25) is 14.7 Å². The van der Waals surface area contributed by atoms with Crippen molar-refractivity contribution in [2.24, 2.45) is 0 Å². The molecule has 0 spiro atoms. The highest BCUT2D eigenvalue weighted by Crippen LogP contribution is 2.40. The smallest absolute Gasteiger partial charge is 0.319 e. The van der Waals surface area contributed by atoms with E-state index in [1.807, 2.05) is 11.8 Å². The fourth-order valence-corrected chi connectivity index (χ4v) is 7.82. The molecule has 11 nitrogen and oxygen atoms in total. The monoisotopic (exact) mass is 736 g/mol. The van der Waals surface area contributed by atoms with Gasteiger partial charge >= 0.3 is 6.01 Å². The summed E-state index contributed by atoms with van der Waals surface area (Å²) in [4.78, 5) is 38.2. The number of terminal acetylenes is 1. The van der Waals surface area contributed by atoms with E-state index in [2.05, 4.69) is 42.7 Å². The quantitative estimate of drug-likeness (QED) is 0.117. The van der Waals surface area contributed by atoms with E-state index in [4.69, 9.17) is 11.2 Å². The second-order valence-electron chi connectivity index (χ2n) is 14.3. The topological polar surface area (TPSA) is 129 Å². The van der Waals surface area contributed by atoms with Crippen LogP contribution in [0.4, 0.5) is 19.0 Å². The molecule has 2 atom stereocenters. The van der Waals surface area contributed by atoms with Gasteiger partial charge in [0.05, 0.1) is 27.7 Å². The molecule has 0 unspecified atom stereocenters. The summed E-state index contributed by atoms with van der Waals surface area (Å²) in [6.07, 6.45) is 13.7. The third-order valence-corrected chi connectivity index (χ3v) is 10.8. The van der Waals surface area contributed by atoms with E-state index in [-0.39, 0.29) is 82.7 Å². The number of pyridine rings is 1. The molecule has 5 aromatic rings. The number of aromatic nitrogens is 5. The van der Waals surface area contributed by atoms with Gasteiger partial charge in [0.1, 0.15) is 47.7 Å². The van der Waals surface area contributed by atoms with Crippen LogP contribution < -0.4 is 10.1 Å². The zero-order chi connectivity index (χ0) is 38.2. The van der Waals surface area contributed by atoms with Gasteiger partial charge in [0.25, 0.3) is 0 Å². The van der Waals surface area contributed by atoms with Gasteiger partial charge in [0.15, 0.2) is 5.82 Å². The summed E-state index contributed by atoms with van der Waals surface area (Å²) >= 11 is 0. The molecule has 278 valence electrons. The van der Waals surface area contributed by atoms with Crippen LogP contribution in [0.5, 0.6) is 11.8 Å². The third kappa shape index (κ3) is 6.75. The first-order valence-corrected chi connectivity index (χ1v) is 17.6. The number of likely N-dealkylation sites (tertiary alicyclic amines) is 1. The van der Waals surface area contributed by atoms with Gasteiger partial charge in [-0.2, -0.15) is 9.97 Å².